The van der Waals surface area contributed by atoms with E-state index in [0.29, 0.717) is 6.61 Å². The van der Waals surface area contributed by atoms with Crippen molar-refractivity contribution < 1.29 is 4.74 Å². The number of ether oxygens (including phenoxy) is 1. The molecule has 1 N–H and O–H groups in total. The molecule has 1 fully saturated rings. The zero-order chi connectivity index (χ0) is 15.5. The van der Waals surface area contributed by atoms with Crippen LogP contribution in [0.15, 0.2) is 35.3 Å². The van der Waals surface area contributed by atoms with Gasteiger partial charge < -0.3 is 15.0 Å². The molecule has 0 spiro atoms. The van der Waals surface area contributed by atoms with Crippen LogP contribution in [0.5, 0.6) is 0 Å². The summed E-state index contributed by atoms with van der Waals surface area (Å²) in [6.07, 6.45) is 4.72. The van der Waals surface area contributed by atoms with Crippen molar-refractivity contribution in [2.45, 2.75) is 39.2 Å². The second kappa shape index (κ2) is 10.2. The fourth-order valence-electron chi connectivity index (χ4n) is 2.62. The maximum atomic E-state index is 5.70. The van der Waals surface area contributed by atoms with Gasteiger partial charge in [-0.3, -0.25) is 4.99 Å². The summed E-state index contributed by atoms with van der Waals surface area (Å²) < 4.78 is 5.70. The van der Waals surface area contributed by atoms with Gasteiger partial charge in [-0.15, -0.1) is 0 Å². The van der Waals surface area contributed by atoms with E-state index in [1.165, 1.54) is 18.4 Å². The SMILES string of the molecule is CCNC(=NCCCCOCc1ccccc1)N1CCCC1. The van der Waals surface area contributed by atoms with Crippen LogP contribution in [0, 0.1) is 0 Å². The van der Waals surface area contributed by atoms with Gasteiger partial charge in [0.2, 0.25) is 0 Å². The summed E-state index contributed by atoms with van der Waals surface area (Å²) in [6, 6.07) is 10.3. The van der Waals surface area contributed by atoms with Crippen molar-refractivity contribution in [1.29, 1.82) is 0 Å². The Morgan fingerprint density at radius 2 is 1.95 bits per heavy atom. The number of guanidine groups is 1. The summed E-state index contributed by atoms with van der Waals surface area (Å²) in [5.41, 5.74) is 1.24. The van der Waals surface area contributed by atoms with Gasteiger partial charge in [0.15, 0.2) is 5.96 Å². The van der Waals surface area contributed by atoms with E-state index < -0.39 is 0 Å². The van der Waals surface area contributed by atoms with Gasteiger partial charge in [0.05, 0.1) is 6.61 Å². The van der Waals surface area contributed by atoms with Crippen molar-refractivity contribution in [1.82, 2.24) is 10.2 Å². The number of aliphatic imine (C=N–C) groups is 1. The highest BCUT2D eigenvalue weighted by atomic mass is 16.5. The molecule has 0 bridgehead atoms. The maximum Gasteiger partial charge on any atom is 0.193 e. The molecule has 0 unspecified atom stereocenters. The molecule has 2 rings (SSSR count). The van der Waals surface area contributed by atoms with Gasteiger partial charge in [0.25, 0.3) is 0 Å². The topological polar surface area (TPSA) is 36.9 Å². The molecule has 22 heavy (non-hydrogen) atoms. The molecular formula is C18H29N3O. The molecule has 1 aromatic carbocycles. The first-order valence-electron chi connectivity index (χ1n) is 8.55. The quantitative estimate of drug-likeness (QED) is 0.455. The van der Waals surface area contributed by atoms with Gasteiger partial charge in [-0.25, -0.2) is 0 Å². The molecule has 1 aromatic rings. The van der Waals surface area contributed by atoms with Crippen molar-refractivity contribution in [3.05, 3.63) is 35.9 Å². The third-order valence-electron chi connectivity index (χ3n) is 3.81. The molecule has 0 saturated carbocycles. The van der Waals surface area contributed by atoms with E-state index in [1.807, 2.05) is 18.2 Å². The molecule has 0 aliphatic carbocycles. The van der Waals surface area contributed by atoms with Gasteiger partial charge in [-0.2, -0.15) is 0 Å². The molecule has 0 aromatic heterocycles. The summed E-state index contributed by atoms with van der Waals surface area (Å²) in [7, 11) is 0. The lowest BCUT2D eigenvalue weighted by molar-refractivity contribution is 0.117. The number of unbranched alkanes of at least 4 members (excludes halogenated alkanes) is 1. The lowest BCUT2D eigenvalue weighted by Gasteiger charge is -2.20. The third-order valence-corrected chi connectivity index (χ3v) is 3.81. The summed E-state index contributed by atoms with van der Waals surface area (Å²) in [4.78, 5) is 7.10. The molecular weight excluding hydrogens is 274 g/mol. The van der Waals surface area contributed by atoms with Crippen LogP contribution in [0.1, 0.15) is 38.2 Å². The number of likely N-dealkylation sites (tertiary alicyclic amines) is 1. The van der Waals surface area contributed by atoms with Crippen molar-refractivity contribution >= 4 is 5.96 Å². The monoisotopic (exact) mass is 303 g/mol. The molecule has 0 amide bonds. The third kappa shape index (κ3) is 6.06. The van der Waals surface area contributed by atoms with Crippen LogP contribution in [0.4, 0.5) is 0 Å². The van der Waals surface area contributed by atoms with Gasteiger partial charge in [0.1, 0.15) is 0 Å². The van der Waals surface area contributed by atoms with E-state index in [0.717, 1.165) is 51.6 Å². The average molecular weight is 303 g/mol. The fraction of sp³-hybridized carbons (Fsp3) is 0.611. The minimum absolute atomic E-state index is 0.709. The number of rotatable bonds is 8. The zero-order valence-electron chi connectivity index (χ0n) is 13.8. The fourth-order valence-corrected chi connectivity index (χ4v) is 2.62. The molecule has 1 heterocycles. The van der Waals surface area contributed by atoms with Crippen LogP contribution in [0.3, 0.4) is 0 Å². The number of benzene rings is 1. The van der Waals surface area contributed by atoms with Gasteiger partial charge in [0, 0.05) is 32.8 Å². The first kappa shape index (κ1) is 16.8. The number of hydrogen-bond acceptors (Lipinski definition) is 2. The molecule has 4 heteroatoms. The van der Waals surface area contributed by atoms with Crippen LogP contribution in [0.2, 0.25) is 0 Å². The van der Waals surface area contributed by atoms with Crippen molar-refractivity contribution in [3.8, 4) is 0 Å². The highest BCUT2D eigenvalue weighted by Crippen LogP contribution is 2.07. The Morgan fingerprint density at radius 1 is 1.18 bits per heavy atom. The number of nitrogens with zero attached hydrogens (tertiary/aromatic N) is 2. The van der Waals surface area contributed by atoms with Crippen LogP contribution in [0.25, 0.3) is 0 Å². The van der Waals surface area contributed by atoms with E-state index >= 15 is 0 Å². The number of nitrogens with one attached hydrogen (secondary N) is 1. The van der Waals surface area contributed by atoms with Crippen LogP contribution in [-0.2, 0) is 11.3 Å². The largest absolute Gasteiger partial charge is 0.377 e. The molecule has 1 aliphatic rings. The van der Waals surface area contributed by atoms with Gasteiger partial charge in [-0.05, 0) is 38.2 Å². The van der Waals surface area contributed by atoms with Crippen molar-refractivity contribution in [2.24, 2.45) is 4.99 Å². The lowest BCUT2D eigenvalue weighted by Crippen LogP contribution is -2.39. The molecule has 1 aliphatic heterocycles. The second-order valence-corrected chi connectivity index (χ2v) is 5.68. The average Bonchev–Trinajstić information content (AvgIpc) is 3.08. The first-order chi connectivity index (χ1) is 10.9. The minimum atomic E-state index is 0.709. The predicted octanol–water partition coefficient (Wildman–Crippen LogP) is 3.04. The van der Waals surface area contributed by atoms with Crippen LogP contribution >= 0.6 is 0 Å². The highest BCUT2D eigenvalue weighted by molar-refractivity contribution is 5.80. The van der Waals surface area contributed by atoms with E-state index in [2.05, 4.69) is 29.3 Å². The number of hydrogen-bond donors (Lipinski definition) is 1. The van der Waals surface area contributed by atoms with Crippen LogP contribution < -0.4 is 5.32 Å². The first-order valence-corrected chi connectivity index (χ1v) is 8.55. The molecule has 1 saturated heterocycles. The standard InChI is InChI=1S/C18H29N3O/c1-2-19-18(21-13-7-8-14-21)20-12-6-9-15-22-16-17-10-4-3-5-11-17/h3-5,10-11H,2,6-9,12-16H2,1H3,(H,19,20). The van der Waals surface area contributed by atoms with Crippen molar-refractivity contribution in [2.75, 3.05) is 32.8 Å². The molecule has 4 nitrogen and oxygen atoms in total. The lowest BCUT2D eigenvalue weighted by atomic mass is 10.2. The van der Waals surface area contributed by atoms with Crippen molar-refractivity contribution in [3.63, 3.8) is 0 Å². The maximum absolute atomic E-state index is 5.70. The zero-order valence-corrected chi connectivity index (χ0v) is 13.8. The molecule has 0 atom stereocenters. The normalized spacial score (nSPS) is 15.3. The molecule has 122 valence electrons. The Hall–Kier alpha value is -1.55. The second-order valence-electron chi connectivity index (χ2n) is 5.68. The summed E-state index contributed by atoms with van der Waals surface area (Å²) in [5, 5.41) is 3.39. The predicted molar refractivity (Wildman–Crippen MR) is 92.1 cm³/mol. The van der Waals surface area contributed by atoms with E-state index in [1.54, 1.807) is 0 Å². The van der Waals surface area contributed by atoms with E-state index in [9.17, 15) is 0 Å². The van der Waals surface area contributed by atoms with Gasteiger partial charge >= 0.3 is 0 Å². The van der Waals surface area contributed by atoms with Crippen LogP contribution in [-0.4, -0.2) is 43.6 Å². The minimum Gasteiger partial charge on any atom is -0.377 e. The van der Waals surface area contributed by atoms with Gasteiger partial charge in [-0.1, -0.05) is 30.3 Å². The smallest absolute Gasteiger partial charge is 0.193 e. The Balaban J connectivity index is 1.57. The Bertz CT molecular complexity index is 427. The molecule has 0 radical (unpaired) electrons. The summed E-state index contributed by atoms with van der Waals surface area (Å²) in [6.45, 7) is 7.76. The Labute approximate surface area is 134 Å². The Kier molecular flexibility index (Phi) is 7.81. The summed E-state index contributed by atoms with van der Waals surface area (Å²) >= 11 is 0. The highest BCUT2D eigenvalue weighted by Gasteiger charge is 2.14. The van der Waals surface area contributed by atoms with E-state index in [4.69, 9.17) is 9.73 Å². The Morgan fingerprint density at radius 3 is 2.68 bits per heavy atom. The summed E-state index contributed by atoms with van der Waals surface area (Å²) in [5.74, 6) is 1.09. The van der Waals surface area contributed by atoms with E-state index in [-0.39, 0.29) is 0 Å².